The average Bonchev–Trinajstić information content (AvgIpc) is 3.13. The molecule has 0 spiro atoms. The SMILES string of the molecule is Cc1ccccc1CN1C(=O)S/C(=C\c2c(OCc3ccccc3F)ccc3ccccc23)C1=O. The summed E-state index contributed by atoms with van der Waals surface area (Å²) in [5, 5.41) is 1.54. The Balaban J connectivity index is 1.49. The van der Waals surface area contributed by atoms with Crippen LogP contribution in [0.4, 0.5) is 9.18 Å². The topological polar surface area (TPSA) is 46.6 Å². The first kappa shape index (κ1) is 22.9. The number of ether oxygens (including phenoxy) is 1. The smallest absolute Gasteiger partial charge is 0.293 e. The molecule has 5 rings (SSSR count). The van der Waals surface area contributed by atoms with Crippen molar-refractivity contribution in [3.8, 4) is 5.75 Å². The van der Waals surface area contributed by atoms with E-state index in [-0.39, 0.29) is 30.1 Å². The number of benzene rings is 4. The standard InChI is InChI=1S/C29H22FNO3S/c1-19-8-2-3-10-21(19)17-31-28(32)27(35-29(31)33)16-24-23-12-6-4-9-20(23)14-15-26(24)34-18-22-11-5-7-13-25(22)30/h2-16H,17-18H2,1H3/b27-16-. The first-order valence-electron chi connectivity index (χ1n) is 11.2. The molecular formula is C29H22FNO3S. The van der Waals surface area contributed by atoms with E-state index in [1.165, 1.54) is 11.0 Å². The summed E-state index contributed by atoms with van der Waals surface area (Å²) in [5.74, 6) is -0.166. The molecule has 0 aliphatic carbocycles. The van der Waals surface area contributed by atoms with Gasteiger partial charge in [0, 0.05) is 11.1 Å². The van der Waals surface area contributed by atoms with Crippen molar-refractivity contribution in [2.45, 2.75) is 20.1 Å². The first-order chi connectivity index (χ1) is 17.0. The maximum absolute atomic E-state index is 14.1. The van der Waals surface area contributed by atoms with Gasteiger partial charge in [0.25, 0.3) is 11.1 Å². The van der Waals surface area contributed by atoms with Gasteiger partial charge in [-0.2, -0.15) is 0 Å². The predicted molar refractivity (Wildman–Crippen MR) is 137 cm³/mol. The van der Waals surface area contributed by atoms with Gasteiger partial charge in [0.1, 0.15) is 18.2 Å². The van der Waals surface area contributed by atoms with E-state index in [0.29, 0.717) is 21.8 Å². The molecular weight excluding hydrogens is 461 g/mol. The molecule has 4 aromatic rings. The molecule has 1 aliphatic rings. The van der Waals surface area contributed by atoms with Gasteiger partial charge >= 0.3 is 0 Å². The molecule has 1 heterocycles. The third-order valence-corrected chi connectivity index (χ3v) is 6.92. The molecule has 6 heteroatoms. The van der Waals surface area contributed by atoms with Gasteiger partial charge in [-0.15, -0.1) is 0 Å². The van der Waals surface area contributed by atoms with Crippen LogP contribution < -0.4 is 4.74 Å². The van der Waals surface area contributed by atoms with Gasteiger partial charge in [-0.25, -0.2) is 4.39 Å². The highest BCUT2D eigenvalue weighted by Gasteiger charge is 2.35. The number of imide groups is 1. The lowest BCUT2D eigenvalue weighted by molar-refractivity contribution is -0.123. The minimum absolute atomic E-state index is 0.0423. The third-order valence-electron chi connectivity index (χ3n) is 6.01. The molecule has 2 amide bonds. The molecule has 35 heavy (non-hydrogen) atoms. The molecule has 0 saturated carbocycles. The lowest BCUT2D eigenvalue weighted by atomic mass is 10.0. The zero-order valence-electron chi connectivity index (χ0n) is 19.0. The van der Waals surface area contributed by atoms with E-state index in [2.05, 4.69) is 0 Å². The van der Waals surface area contributed by atoms with Crippen LogP contribution in [-0.4, -0.2) is 16.0 Å². The quantitative estimate of drug-likeness (QED) is 0.274. The van der Waals surface area contributed by atoms with Gasteiger partial charge in [-0.3, -0.25) is 14.5 Å². The van der Waals surface area contributed by atoms with Crippen molar-refractivity contribution in [1.82, 2.24) is 4.90 Å². The van der Waals surface area contributed by atoms with Gasteiger partial charge in [0.15, 0.2) is 0 Å². The summed E-state index contributed by atoms with van der Waals surface area (Å²) >= 11 is 0.919. The molecule has 1 fully saturated rings. The molecule has 1 aliphatic heterocycles. The van der Waals surface area contributed by atoms with Gasteiger partial charge in [-0.05, 0) is 58.8 Å². The van der Waals surface area contributed by atoms with Gasteiger partial charge in [0.05, 0.1) is 11.4 Å². The van der Waals surface area contributed by atoms with Crippen LogP contribution in [0.5, 0.6) is 5.75 Å². The Morgan fingerprint density at radius 3 is 2.40 bits per heavy atom. The first-order valence-corrected chi connectivity index (χ1v) is 12.0. The van der Waals surface area contributed by atoms with Crippen LogP contribution in [0, 0.1) is 12.7 Å². The Morgan fingerprint density at radius 1 is 0.886 bits per heavy atom. The molecule has 4 aromatic carbocycles. The van der Waals surface area contributed by atoms with Crippen LogP contribution in [0.1, 0.15) is 22.3 Å². The second-order valence-corrected chi connectivity index (χ2v) is 9.27. The van der Waals surface area contributed by atoms with Crippen LogP contribution in [-0.2, 0) is 17.9 Å². The molecule has 0 radical (unpaired) electrons. The Bertz CT molecular complexity index is 1480. The fourth-order valence-electron chi connectivity index (χ4n) is 4.05. The second kappa shape index (κ2) is 9.76. The fraction of sp³-hybridized carbons (Fsp3) is 0.103. The second-order valence-electron chi connectivity index (χ2n) is 8.27. The summed E-state index contributed by atoms with van der Waals surface area (Å²) in [6.45, 7) is 2.22. The Hall–Kier alpha value is -3.90. The van der Waals surface area contributed by atoms with Crippen molar-refractivity contribution >= 4 is 39.8 Å². The predicted octanol–water partition coefficient (Wildman–Crippen LogP) is 7.10. The number of nitrogens with zero attached hydrogens (tertiary/aromatic N) is 1. The van der Waals surface area contributed by atoms with Crippen LogP contribution in [0.3, 0.4) is 0 Å². The number of amides is 2. The van der Waals surface area contributed by atoms with Gasteiger partial charge < -0.3 is 4.74 Å². The van der Waals surface area contributed by atoms with E-state index in [9.17, 15) is 14.0 Å². The molecule has 0 atom stereocenters. The molecule has 0 bridgehead atoms. The highest BCUT2D eigenvalue weighted by Crippen LogP contribution is 2.37. The van der Waals surface area contributed by atoms with Crippen molar-refractivity contribution in [3.63, 3.8) is 0 Å². The summed E-state index contributed by atoms with van der Waals surface area (Å²) in [7, 11) is 0. The zero-order chi connectivity index (χ0) is 24.4. The van der Waals surface area contributed by atoms with Crippen LogP contribution in [0.2, 0.25) is 0 Å². The Morgan fingerprint density at radius 2 is 1.60 bits per heavy atom. The number of fused-ring (bicyclic) bond motifs is 1. The number of hydrogen-bond donors (Lipinski definition) is 0. The number of carbonyl (C=O) groups is 2. The number of halogens is 1. The monoisotopic (exact) mass is 483 g/mol. The highest BCUT2D eigenvalue weighted by molar-refractivity contribution is 8.18. The van der Waals surface area contributed by atoms with Crippen LogP contribution in [0.15, 0.2) is 89.8 Å². The highest BCUT2D eigenvalue weighted by atomic mass is 32.2. The number of rotatable bonds is 6. The molecule has 0 N–H and O–H groups in total. The summed E-state index contributed by atoms with van der Waals surface area (Å²) in [4.78, 5) is 27.6. The minimum Gasteiger partial charge on any atom is -0.488 e. The van der Waals surface area contributed by atoms with Crippen molar-refractivity contribution in [2.24, 2.45) is 0 Å². The molecule has 0 aromatic heterocycles. The normalized spacial score (nSPS) is 14.8. The van der Waals surface area contributed by atoms with E-state index in [4.69, 9.17) is 4.74 Å². The summed E-state index contributed by atoms with van der Waals surface area (Å²) in [6.07, 6.45) is 1.71. The maximum Gasteiger partial charge on any atom is 0.293 e. The van der Waals surface area contributed by atoms with Crippen molar-refractivity contribution in [3.05, 3.63) is 118 Å². The molecule has 4 nitrogen and oxygen atoms in total. The lowest BCUT2D eigenvalue weighted by Crippen LogP contribution is -2.27. The number of hydrogen-bond acceptors (Lipinski definition) is 4. The van der Waals surface area contributed by atoms with Crippen LogP contribution >= 0.6 is 11.8 Å². The molecule has 174 valence electrons. The largest absolute Gasteiger partial charge is 0.488 e. The maximum atomic E-state index is 14.1. The van der Waals surface area contributed by atoms with E-state index in [1.54, 1.807) is 24.3 Å². The van der Waals surface area contributed by atoms with Crippen molar-refractivity contribution in [2.75, 3.05) is 0 Å². The van der Waals surface area contributed by atoms with Gasteiger partial charge in [-0.1, -0.05) is 72.8 Å². The van der Waals surface area contributed by atoms with E-state index >= 15 is 0 Å². The number of aryl methyl sites for hydroxylation is 1. The van der Waals surface area contributed by atoms with Crippen molar-refractivity contribution in [1.29, 1.82) is 0 Å². The molecule has 1 saturated heterocycles. The van der Waals surface area contributed by atoms with E-state index in [0.717, 1.165) is 33.7 Å². The van der Waals surface area contributed by atoms with E-state index < -0.39 is 0 Å². The lowest BCUT2D eigenvalue weighted by Gasteiger charge is -2.14. The zero-order valence-corrected chi connectivity index (χ0v) is 19.8. The van der Waals surface area contributed by atoms with Crippen molar-refractivity contribution < 1.29 is 18.7 Å². The van der Waals surface area contributed by atoms with Gasteiger partial charge in [0.2, 0.25) is 0 Å². The molecule has 0 unspecified atom stereocenters. The summed E-state index contributed by atoms with van der Waals surface area (Å²) in [6, 6.07) is 25.6. The average molecular weight is 484 g/mol. The summed E-state index contributed by atoms with van der Waals surface area (Å²) < 4.78 is 20.2. The summed E-state index contributed by atoms with van der Waals surface area (Å²) in [5.41, 5.74) is 3.06. The third kappa shape index (κ3) is 4.70. The number of thioether (sulfide) groups is 1. The van der Waals surface area contributed by atoms with E-state index in [1.807, 2.05) is 67.6 Å². The number of carbonyl (C=O) groups excluding carboxylic acids is 2. The van der Waals surface area contributed by atoms with Crippen LogP contribution in [0.25, 0.3) is 16.8 Å². The Labute approximate surface area is 207 Å². The Kier molecular flexibility index (Phi) is 6.38. The fourth-order valence-corrected chi connectivity index (χ4v) is 4.87. The minimum atomic E-state index is -0.341.